The van der Waals surface area contributed by atoms with Crippen LogP contribution in [-0.4, -0.2) is 19.7 Å². The maximum absolute atomic E-state index is 14.6. The van der Waals surface area contributed by atoms with Crippen LogP contribution in [0.15, 0.2) is 36.5 Å². The molecule has 0 radical (unpaired) electrons. The lowest BCUT2D eigenvalue weighted by molar-refractivity contribution is 0.533. The average Bonchev–Trinajstić information content (AvgIpc) is 3.00. The van der Waals surface area contributed by atoms with Crippen molar-refractivity contribution in [2.24, 2.45) is 0 Å². The quantitative estimate of drug-likeness (QED) is 0.602. The third-order valence-electron chi connectivity index (χ3n) is 4.56. The molecule has 4 nitrogen and oxygen atoms in total. The van der Waals surface area contributed by atoms with E-state index in [9.17, 15) is 17.2 Å². The van der Waals surface area contributed by atoms with E-state index in [1.807, 2.05) is 6.07 Å². The minimum atomic E-state index is -3.26. The Hall–Kier alpha value is -2.43. The Morgan fingerprint density at radius 2 is 1.93 bits per heavy atom. The third kappa shape index (κ3) is 4.18. The Balaban J connectivity index is 2.19. The molecule has 0 fully saturated rings. The monoisotopic (exact) mass is 422 g/mol. The highest BCUT2D eigenvalue weighted by Crippen LogP contribution is 2.38. The molecule has 3 aromatic rings. The molecule has 0 bridgehead atoms. The summed E-state index contributed by atoms with van der Waals surface area (Å²) >= 11 is 5.74. The lowest BCUT2D eigenvalue weighted by Gasteiger charge is -2.18. The molecule has 0 saturated heterocycles. The summed E-state index contributed by atoms with van der Waals surface area (Å²) < 4.78 is 52.6. The summed E-state index contributed by atoms with van der Waals surface area (Å²) in [6.07, 6.45) is 3.06. The molecule has 28 heavy (non-hydrogen) atoms. The van der Waals surface area contributed by atoms with E-state index < -0.39 is 27.4 Å². The smallest absolute Gasteiger partial charge is 0.151 e. The number of aromatic nitrogens is 1. The molecule has 1 atom stereocenters. The number of benzene rings is 2. The van der Waals surface area contributed by atoms with Gasteiger partial charge in [-0.3, -0.25) is 0 Å². The molecule has 3 rings (SSSR count). The summed E-state index contributed by atoms with van der Waals surface area (Å²) in [5.41, 5.74) is 1.61. The van der Waals surface area contributed by atoms with E-state index in [-0.39, 0.29) is 29.2 Å². The van der Waals surface area contributed by atoms with Gasteiger partial charge in [-0.05, 0) is 29.7 Å². The second-order valence-corrected chi connectivity index (χ2v) is 9.26. The summed E-state index contributed by atoms with van der Waals surface area (Å²) in [6.45, 7) is 0. The summed E-state index contributed by atoms with van der Waals surface area (Å²) in [4.78, 5) is 3.04. The number of nitriles is 1. The molecule has 0 spiro atoms. The maximum Gasteiger partial charge on any atom is 0.151 e. The summed E-state index contributed by atoms with van der Waals surface area (Å²) in [5, 5.41) is 9.61. The van der Waals surface area contributed by atoms with E-state index in [1.54, 1.807) is 24.4 Å². The van der Waals surface area contributed by atoms with E-state index >= 15 is 0 Å². The van der Waals surface area contributed by atoms with Crippen molar-refractivity contribution in [2.75, 3.05) is 6.26 Å². The maximum atomic E-state index is 14.6. The highest BCUT2D eigenvalue weighted by atomic mass is 35.5. The molecular weight excluding hydrogens is 406 g/mol. The average molecular weight is 423 g/mol. The van der Waals surface area contributed by atoms with Gasteiger partial charge in [0.05, 0.1) is 11.8 Å². The lowest BCUT2D eigenvalue weighted by atomic mass is 9.86. The number of nitrogens with zero attached hydrogens (tertiary/aromatic N) is 1. The van der Waals surface area contributed by atoms with Gasteiger partial charge in [-0.15, -0.1) is 0 Å². The topological polar surface area (TPSA) is 73.7 Å². The number of fused-ring (bicyclic) bond motifs is 1. The van der Waals surface area contributed by atoms with Crippen molar-refractivity contribution < 1.29 is 17.2 Å². The van der Waals surface area contributed by atoms with E-state index in [1.165, 1.54) is 0 Å². The SMILES string of the molecule is CS(=O)(=O)Cc1cccc2c(C(CCC#N)c3c(F)cc(Cl)cc3F)c[nH]c12. The number of hydrogen-bond donors (Lipinski definition) is 1. The minimum Gasteiger partial charge on any atom is -0.361 e. The molecule has 1 unspecified atom stereocenters. The van der Waals surface area contributed by atoms with Crippen molar-refractivity contribution in [3.63, 3.8) is 0 Å². The van der Waals surface area contributed by atoms with Crippen LogP contribution >= 0.6 is 11.6 Å². The Morgan fingerprint density at radius 3 is 2.54 bits per heavy atom. The van der Waals surface area contributed by atoms with Crippen molar-refractivity contribution in [3.05, 3.63) is 69.9 Å². The first kappa shape index (κ1) is 20.3. The van der Waals surface area contributed by atoms with E-state index in [0.29, 0.717) is 22.0 Å². The summed E-state index contributed by atoms with van der Waals surface area (Å²) in [6, 6.07) is 9.26. The number of hydrogen-bond acceptors (Lipinski definition) is 3. The van der Waals surface area contributed by atoms with Crippen LogP contribution in [0.4, 0.5) is 8.78 Å². The van der Waals surface area contributed by atoms with Crippen molar-refractivity contribution in [2.45, 2.75) is 24.5 Å². The fraction of sp³-hybridized carbons (Fsp3) is 0.250. The number of halogens is 3. The summed E-state index contributed by atoms with van der Waals surface area (Å²) in [7, 11) is -3.26. The van der Waals surface area contributed by atoms with Gasteiger partial charge in [0.25, 0.3) is 0 Å². The zero-order valence-corrected chi connectivity index (χ0v) is 16.5. The zero-order chi connectivity index (χ0) is 20.5. The molecular formula is C20H17ClF2N2O2S. The van der Waals surface area contributed by atoms with Gasteiger partial charge >= 0.3 is 0 Å². The van der Waals surface area contributed by atoms with Crippen molar-refractivity contribution in [1.82, 2.24) is 4.98 Å². The fourth-order valence-corrected chi connectivity index (χ4v) is 4.48. The van der Waals surface area contributed by atoms with Crippen LogP contribution < -0.4 is 0 Å². The number of para-hydroxylation sites is 1. The Kier molecular flexibility index (Phi) is 5.73. The first-order chi connectivity index (χ1) is 13.2. The van der Waals surface area contributed by atoms with Crippen LogP contribution in [0.3, 0.4) is 0 Å². The second kappa shape index (κ2) is 7.90. The van der Waals surface area contributed by atoms with Gasteiger partial charge < -0.3 is 4.98 Å². The van der Waals surface area contributed by atoms with Crippen LogP contribution in [0.5, 0.6) is 0 Å². The Morgan fingerprint density at radius 1 is 1.25 bits per heavy atom. The van der Waals surface area contributed by atoms with Gasteiger partial charge in [0.1, 0.15) is 11.6 Å². The number of aromatic amines is 1. The van der Waals surface area contributed by atoms with Gasteiger partial charge in [0, 0.05) is 46.3 Å². The van der Waals surface area contributed by atoms with Gasteiger partial charge in [0.15, 0.2) is 9.84 Å². The Labute approximate surface area is 166 Å². The number of rotatable bonds is 6. The van der Waals surface area contributed by atoms with Gasteiger partial charge in [-0.1, -0.05) is 29.8 Å². The van der Waals surface area contributed by atoms with Crippen molar-refractivity contribution >= 4 is 32.3 Å². The second-order valence-electron chi connectivity index (χ2n) is 6.69. The van der Waals surface area contributed by atoms with Crippen LogP contribution in [0.2, 0.25) is 5.02 Å². The normalized spacial score (nSPS) is 12.8. The number of sulfone groups is 1. The first-order valence-corrected chi connectivity index (χ1v) is 10.9. The highest BCUT2D eigenvalue weighted by molar-refractivity contribution is 7.89. The third-order valence-corrected chi connectivity index (χ3v) is 5.62. The fourth-order valence-electron chi connectivity index (χ4n) is 3.48. The van der Waals surface area contributed by atoms with E-state index in [0.717, 1.165) is 18.4 Å². The largest absolute Gasteiger partial charge is 0.361 e. The Bertz CT molecular complexity index is 1160. The standard InChI is InChI=1S/C20H17ClF2N2O2S/c1-28(26,27)11-12-4-2-5-15-16(10-25-20(12)15)14(6-3-7-24)19-17(22)8-13(21)9-18(19)23/h2,4-5,8-10,14,25H,3,6,11H2,1H3. The van der Waals surface area contributed by atoms with Crippen LogP contribution in [0.25, 0.3) is 10.9 Å². The molecule has 8 heteroatoms. The number of H-pyrrole nitrogens is 1. The molecule has 2 aromatic carbocycles. The molecule has 1 heterocycles. The predicted molar refractivity (Wildman–Crippen MR) is 105 cm³/mol. The minimum absolute atomic E-state index is 0.0489. The van der Waals surface area contributed by atoms with Crippen LogP contribution in [0.1, 0.15) is 35.4 Å². The van der Waals surface area contributed by atoms with Crippen LogP contribution in [0, 0.1) is 23.0 Å². The van der Waals surface area contributed by atoms with Gasteiger partial charge in [0.2, 0.25) is 0 Å². The molecule has 1 N–H and O–H groups in total. The summed E-state index contributed by atoms with van der Waals surface area (Å²) in [5.74, 6) is -2.44. The van der Waals surface area contributed by atoms with Crippen molar-refractivity contribution in [3.8, 4) is 6.07 Å². The van der Waals surface area contributed by atoms with E-state index in [2.05, 4.69) is 4.98 Å². The lowest BCUT2D eigenvalue weighted by Crippen LogP contribution is -2.07. The molecule has 0 aliphatic carbocycles. The van der Waals surface area contributed by atoms with Crippen LogP contribution in [-0.2, 0) is 15.6 Å². The van der Waals surface area contributed by atoms with Crippen molar-refractivity contribution in [1.29, 1.82) is 5.26 Å². The van der Waals surface area contributed by atoms with E-state index in [4.69, 9.17) is 16.9 Å². The van der Waals surface area contributed by atoms with Gasteiger partial charge in [-0.2, -0.15) is 5.26 Å². The molecule has 1 aromatic heterocycles. The predicted octanol–water partition coefficient (Wildman–Crippen LogP) is 5.08. The first-order valence-electron chi connectivity index (χ1n) is 8.49. The molecule has 146 valence electrons. The number of nitrogens with one attached hydrogen (secondary N) is 1. The zero-order valence-electron chi connectivity index (χ0n) is 15.0. The molecule has 0 saturated carbocycles. The molecule has 0 amide bonds. The van der Waals surface area contributed by atoms with Gasteiger partial charge in [-0.25, -0.2) is 17.2 Å². The molecule has 0 aliphatic heterocycles. The molecule has 0 aliphatic rings. The highest BCUT2D eigenvalue weighted by Gasteiger charge is 2.25.